The second-order valence-corrected chi connectivity index (χ2v) is 7.62. The molecule has 4 aromatic rings. The molecule has 0 radical (unpaired) electrons. The highest BCUT2D eigenvalue weighted by atomic mass is 16.2. The third kappa shape index (κ3) is 3.99. The van der Waals surface area contributed by atoms with Crippen molar-refractivity contribution < 1.29 is 4.79 Å². The maximum Gasteiger partial charge on any atom is 0.266 e. The van der Waals surface area contributed by atoms with Gasteiger partial charge < -0.3 is 9.88 Å². The number of hydrogen-bond acceptors (Lipinski definition) is 5. The number of benzene rings is 1. The van der Waals surface area contributed by atoms with Gasteiger partial charge in [-0.05, 0) is 36.4 Å². The molecule has 9 heteroatoms. The molecule has 1 fully saturated rings. The summed E-state index contributed by atoms with van der Waals surface area (Å²) in [7, 11) is 0. The predicted molar refractivity (Wildman–Crippen MR) is 116 cm³/mol. The maximum absolute atomic E-state index is 12.9. The van der Waals surface area contributed by atoms with Gasteiger partial charge in [0.1, 0.15) is 0 Å². The van der Waals surface area contributed by atoms with Crippen LogP contribution in [-0.2, 0) is 6.54 Å². The second-order valence-electron chi connectivity index (χ2n) is 7.62. The average Bonchev–Trinajstić information content (AvgIpc) is 3.50. The SMILES string of the molecule is O=C(c1ccc2[nH]ccc2c1)N1CCN(CCn2nc(-n3cccn3)ccc2=O)CC1. The van der Waals surface area contributed by atoms with E-state index in [1.54, 1.807) is 23.1 Å². The topological polar surface area (TPSA) is 92.1 Å². The minimum absolute atomic E-state index is 0.0626. The van der Waals surface area contributed by atoms with Gasteiger partial charge in [-0.25, -0.2) is 9.36 Å². The molecule has 31 heavy (non-hydrogen) atoms. The van der Waals surface area contributed by atoms with E-state index in [9.17, 15) is 9.59 Å². The molecule has 4 heterocycles. The van der Waals surface area contributed by atoms with E-state index in [2.05, 4.69) is 20.1 Å². The summed E-state index contributed by atoms with van der Waals surface area (Å²) in [6.07, 6.45) is 5.35. The number of nitrogens with one attached hydrogen (secondary N) is 1. The number of carbonyl (C=O) groups is 1. The van der Waals surface area contributed by atoms with Crippen LogP contribution in [-0.4, -0.2) is 73.0 Å². The molecule has 0 saturated carbocycles. The third-order valence-electron chi connectivity index (χ3n) is 5.68. The van der Waals surface area contributed by atoms with Crippen LogP contribution >= 0.6 is 0 Å². The van der Waals surface area contributed by atoms with Gasteiger partial charge in [-0.3, -0.25) is 14.5 Å². The van der Waals surface area contributed by atoms with E-state index >= 15 is 0 Å². The Morgan fingerprint density at radius 3 is 2.71 bits per heavy atom. The van der Waals surface area contributed by atoms with Crippen molar-refractivity contribution in [3.63, 3.8) is 0 Å². The van der Waals surface area contributed by atoms with E-state index in [1.165, 1.54) is 10.7 Å². The molecule has 0 unspecified atom stereocenters. The monoisotopic (exact) mass is 417 g/mol. The van der Waals surface area contributed by atoms with Gasteiger partial charge >= 0.3 is 0 Å². The molecular weight excluding hydrogens is 394 g/mol. The lowest BCUT2D eigenvalue weighted by molar-refractivity contribution is 0.0631. The summed E-state index contributed by atoms with van der Waals surface area (Å²) in [6, 6.07) is 12.7. The highest BCUT2D eigenvalue weighted by Gasteiger charge is 2.22. The van der Waals surface area contributed by atoms with Gasteiger partial charge in [0.2, 0.25) is 0 Å². The number of carbonyl (C=O) groups excluding carboxylic acids is 1. The van der Waals surface area contributed by atoms with Crippen LogP contribution < -0.4 is 5.56 Å². The van der Waals surface area contributed by atoms with Crippen molar-refractivity contribution in [3.05, 3.63) is 77.0 Å². The van der Waals surface area contributed by atoms with E-state index in [0.717, 1.165) is 24.0 Å². The third-order valence-corrected chi connectivity index (χ3v) is 5.68. The molecule has 1 aliphatic rings. The Balaban J connectivity index is 1.18. The van der Waals surface area contributed by atoms with Gasteiger partial charge in [-0.15, -0.1) is 5.10 Å². The molecular formula is C22H23N7O2. The van der Waals surface area contributed by atoms with Gasteiger partial charge in [0.05, 0.1) is 6.54 Å². The molecule has 1 N–H and O–H groups in total. The van der Waals surface area contributed by atoms with Gasteiger partial charge in [0.25, 0.3) is 11.5 Å². The predicted octanol–water partition coefficient (Wildman–Crippen LogP) is 1.37. The highest BCUT2D eigenvalue weighted by Crippen LogP contribution is 2.16. The molecule has 9 nitrogen and oxygen atoms in total. The molecule has 158 valence electrons. The number of hydrogen-bond donors (Lipinski definition) is 1. The van der Waals surface area contributed by atoms with Crippen molar-refractivity contribution in [2.75, 3.05) is 32.7 Å². The number of amides is 1. The summed E-state index contributed by atoms with van der Waals surface area (Å²) >= 11 is 0. The Labute approximate surface area is 178 Å². The summed E-state index contributed by atoms with van der Waals surface area (Å²) in [5.41, 5.74) is 1.61. The minimum atomic E-state index is -0.134. The van der Waals surface area contributed by atoms with Crippen molar-refractivity contribution in [1.29, 1.82) is 0 Å². The number of nitrogens with zero attached hydrogens (tertiary/aromatic N) is 6. The second kappa shape index (κ2) is 8.19. The fraction of sp³-hybridized carbons (Fsp3) is 0.273. The smallest absolute Gasteiger partial charge is 0.266 e. The van der Waals surface area contributed by atoms with Crippen LogP contribution in [0.15, 0.2) is 65.8 Å². The Morgan fingerprint density at radius 1 is 1.03 bits per heavy atom. The van der Waals surface area contributed by atoms with Gasteiger partial charge in [0.15, 0.2) is 5.82 Å². The molecule has 3 aromatic heterocycles. The zero-order chi connectivity index (χ0) is 21.2. The molecule has 5 rings (SSSR count). The lowest BCUT2D eigenvalue weighted by atomic mass is 10.1. The van der Waals surface area contributed by atoms with Crippen LogP contribution in [0, 0.1) is 0 Å². The van der Waals surface area contributed by atoms with E-state index < -0.39 is 0 Å². The molecule has 0 atom stereocenters. The number of H-pyrrole nitrogens is 1. The zero-order valence-corrected chi connectivity index (χ0v) is 17.0. The first-order valence-corrected chi connectivity index (χ1v) is 10.3. The molecule has 0 spiro atoms. The minimum Gasteiger partial charge on any atom is -0.361 e. The summed E-state index contributed by atoms with van der Waals surface area (Å²) in [5, 5.41) is 9.61. The van der Waals surface area contributed by atoms with Gasteiger partial charge in [-0.1, -0.05) is 0 Å². The first-order valence-electron chi connectivity index (χ1n) is 10.3. The number of fused-ring (bicyclic) bond motifs is 1. The molecule has 0 aliphatic carbocycles. The molecule has 1 aliphatic heterocycles. The fourth-order valence-electron chi connectivity index (χ4n) is 3.90. The molecule has 1 saturated heterocycles. The largest absolute Gasteiger partial charge is 0.361 e. The van der Waals surface area contributed by atoms with Crippen LogP contribution in [0.25, 0.3) is 16.7 Å². The number of aromatic amines is 1. The Bertz CT molecular complexity index is 1250. The Kier molecular flexibility index (Phi) is 5.09. The zero-order valence-electron chi connectivity index (χ0n) is 17.0. The van der Waals surface area contributed by atoms with Crippen molar-refractivity contribution >= 4 is 16.8 Å². The lowest BCUT2D eigenvalue weighted by Gasteiger charge is -2.34. The quantitative estimate of drug-likeness (QED) is 0.530. The normalized spacial score (nSPS) is 14.9. The van der Waals surface area contributed by atoms with Gasteiger partial charge in [-0.2, -0.15) is 5.10 Å². The van der Waals surface area contributed by atoms with Crippen molar-refractivity contribution in [2.45, 2.75) is 6.54 Å². The molecule has 0 bridgehead atoms. The molecule has 1 amide bonds. The van der Waals surface area contributed by atoms with Crippen LogP contribution in [0.4, 0.5) is 0 Å². The Hall–Kier alpha value is -3.72. The number of aromatic nitrogens is 5. The summed E-state index contributed by atoms with van der Waals surface area (Å²) in [5.74, 6) is 0.673. The number of piperazine rings is 1. The Morgan fingerprint density at radius 2 is 1.90 bits per heavy atom. The van der Waals surface area contributed by atoms with E-state index in [0.29, 0.717) is 37.6 Å². The van der Waals surface area contributed by atoms with Crippen molar-refractivity contribution in [1.82, 2.24) is 34.3 Å². The average molecular weight is 417 g/mol. The first-order chi connectivity index (χ1) is 15.2. The highest BCUT2D eigenvalue weighted by molar-refractivity contribution is 5.98. The van der Waals surface area contributed by atoms with Crippen LogP contribution in [0.1, 0.15) is 10.4 Å². The van der Waals surface area contributed by atoms with Gasteiger partial charge in [0, 0.05) is 73.8 Å². The van der Waals surface area contributed by atoms with E-state index in [1.807, 2.05) is 41.4 Å². The van der Waals surface area contributed by atoms with Crippen molar-refractivity contribution in [2.24, 2.45) is 0 Å². The van der Waals surface area contributed by atoms with Crippen LogP contribution in [0.2, 0.25) is 0 Å². The number of rotatable bonds is 5. The lowest BCUT2D eigenvalue weighted by Crippen LogP contribution is -2.49. The first kappa shape index (κ1) is 19.3. The summed E-state index contributed by atoms with van der Waals surface area (Å²) < 4.78 is 3.10. The van der Waals surface area contributed by atoms with E-state index in [-0.39, 0.29) is 11.5 Å². The summed E-state index contributed by atoms with van der Waals surface area (Å²) in [6.45, 7) is 4.07. The van der Waals surface area contributed by atoms with Crippen LogP contribution in [0.3, 0.4) is 0 Å². The summed E-state index contributed by atoms with van der Waals surface area (Å²) in [4.78, 5) is 32.4. The standard InChI is InChI=1S/C22H23N7O2/c30-21-5-4-20(28-9-1-7-24-28)25-29(21)15-12-26-10-13-27(14-11-26)22(31)18-2-3-19-17(16-18)6-8-23-19/h1-9,16,23H,10-15H2. The molecule has 1 aromatic carbocycles. The van der Waals surface area contributed by atoms with Crippen LogP contribution in [0.5, 0.6) is 0 Å². The van der Waals surface area contributed by atoms with E-state index in [4.69, 9.17) is 0 Å². The maximum atomic E-state index is 12.9. The fourth-order valence-corrected chi connectivity index (χ4v) is 3.90. The van der Waals surface area contributed by atoms with Crippen molar-refractivity contribution in [3.8, 4) is 5.82 Å².